The Morgan fingerprint density at radius 3 is 2.75 bits per heavy atom. The van der Waals surface area contributed by atoms with Gasteiger partial charge < -0.3 is 5.73 Å². The van der Waals surface area contributed by atoms with Gasteiger partial charge in [-0.2, -0.15) is 0 Å². The molecule has 0 fully saturated rings. The maximum atomic E-state index is 5.59. The van der Waals surface area contributed by atoms with Crippen LogP contribution in [0.5, 0.6) is 0 Å². The second kappa shape index (κ2) is 4.63. The second-order valence-electron chi connectivity index (χ2n) is 2.88. The van der Waals surface area contributed by atoms with Crippen LogP contribution in [0.4, 0.5) is 0 Å². The van der Waals surface area contributed by atoms with Crippen LogP contribution in [-0.4, -0.2) is 0 Å². The van der Waals surface area contributed by atoms with Crippen molar-refractivity contribution >= 4 is 15.9 Å². The highest BCUT2D eigenvalue weighted by Gasteiger charge is 1.98. The van der Waals surface area contributed by atoms with Crippen LogP contribution in [0.3, 0.4) is 0 Å². The van der Waals surface area contributed by atoms with E-state index in [1.165, 1.54) is 17.5 Å². The average molecular weight is 228 g/mol. The number of nitrogens with two attached hydrogens (primary N) is 1. The van der Waals surface area contributed by atoms with E-state index in [0.29, 0.717) is 6.54 Å². The summed E-state index contributed by atoms with van der Waals surface area (Å²) in [4.78, 5) is 0. The van der Waals surface area contributed by atoms with Crippen molar-refractivity contribution in [1.82, 2.24) is 0 Å². The second-order valence-corrected chi connectivity index (χ2v) is 3.73. The lowest BCUT2D eigenvalue weighted by molar-refractivity contribution is 0.914. The number of benzene rings is 1. The van der Waals surface area contributed by atoms with Crippen LogP contribution in [0.1, 0.15) is 24.5 Å². The van der Waals surface area contributed by atoms with Gasteiger partial charge in [0.2, 0.25) is 0 Å². The van der Waals surface area contributed by atoms with Crippen molar-refractivity contribution in [3.63, 3.8) is 0 Å². The van der Waals surface area contributed by atoms with Gasteiger partial charge >= 0.3 is 0 Å². The van der Waals surface area contributed by atoms with Crippen molar-refractivity contribution in [3.05, 3.63) is 33.8 Å². The first-order valence-corrected chi connectivity index (χ1v) is 5.04. The molecule has 2 N–H and O–H groups in total. The minimum atomic E-state index is 0.609. The fourth-order valence-electron chi connectivity index (χ4n) is 1.23. The smallest absolute Gasteiger partial charge is 0.0220 e. The summed E-state index contributed by atoms with van der Waals surface area (Å²) < 4.78 is 1.12. The van der Waals surface area contributed by atoms with Gasteiger partial charge in [0.05, 0.1) is 0 Å². The zero-order valence-electron chi connectivity index (χ0n) is 7.31. The molecule has 0 aromatic heterocycles. The minimum absolute atomic E-state index is 0.609. The zero-order valence-corrected chi connectivity index (χ0v) is 8.89. The zero-order chi connectivity index (χ0) is 8.97. The molecule has 0 aliphatic heterocycles. The highest BCUT2D eigenvalue weighted by molar-refractivity contribution is 9.10. The predicted octanol–water partition coefficient (Wildman–Crippen LogP) is 2.86. The maximum absolute atomic E-state index is 5.59. The van der Waals surface area contributed by atoms with Crippen molar-refractivity contribution < 1.29 is 0 Å². The van der Waals surface area contributed by atoms with E-state index in [2.05, 4.69) is 41.1 Å². The van der Waals surface area contributed by atoms with Crippen molar-refractivity contribution in [2.45, 2.75) is 26.3 Å². The summed E-state index contributed by atoms with van der Waals surface area (Å²) in [5, 5.41) is 0. The third-order valence-electron chi connectivity index (χ3n) is 1.87. The number of rotatable bonds is 3. The number of hydrogen-bond donors (Lipinski definition) is 1. The van der Waals surface area contributed by atoms with Crippen LogP contribution in [0.15, 0.2) is 22.7 Å². The molecule has 1 nitrogen and oxygen atoms in total. The van der Waals surface area contributed by atoms with E-state index in [9.17, 15) is 0 Å². The molecule has 0 atom stereocenters. The molecular weight excluding hydrogens is 214 g/mol. The van der Waals surface area contributed by atoms with Crippen molar-refractivity contribution in [3.8, 4) is 0 Å². The van der Waals surface area contributed by atoms with Crippen LogP contribution in [0.25, 0.3) is 0 Å². The molecule has 2 heteroatoms. The van der Waals surface area contributed by atoms with Gasteiger partial charge in [0.25, 0.3) is 0 Å². The summed E-state index contributed by atoms with van der Waals surface area (Å²) >= 11 is 3.46. The molecule has 0 saturated carbocycles. The molecule has 66 valence electrons. The summed E-state index contributed by atoms with van der Waals surface area (Å²) in [6, 6.07) is 6.40. The molecular formula is C10H14BrN. The van der Waals surface area contributed by atoms with Crippen molar-refractivity contribution in [2.24, 2.45) is 5.73 Å². The molecule has 0 aliphatic carbocycles. The summed E-state index contributed by atoms with van der Waals surface area (Å²) in [6.45, 7) is 2.79. The molecule has 0 unspecified atom stereocenters. The molecule has 1 aromatic carbocycles. The van der Waals surface area contributed by atoms with Gasteiger partial charge in [0, 0.05) is 11.0 Å². The third-order valence-corrected chi connectivity index (χ3v) is 2.64. The highest BCUT2D eigenvalue weighted by Crippen LogP contribution is 2.18. The Hall–Kier alpha value is -0.340. The minimum Gasteiger partial charge on any atom is -0.326 e. The van der Waals surface area contributed by atoms with Gasteiger partial charge in [-0.15, -0.1) is 0 Å². The lowest BCUT2D eigenvalue weighted by Crippen LogP contribution is -1.98. The first-order chi connectivity index (χ1) is 5.77. The third kappa shape index (κ3) is 2.32. The van der Waals surface area contributed by atoms with Crippen molar-refractivity contribution in [2.75, 3.05) is 0 Å². The van der Waals surface area contributed by atoms with Crippen LogP contribution in [-0.2, 0) is 13.0 Å². The van der Waals surface area contributed by atoms with Crippen LogP contribution in [0, 0.1) is 0 Å². The summed E-state index contributed by atoms with van der Waals surface area (Å²) in [7, 11) is 0. The van der Waals surface area contributed by atoms with Gasteiger partial charge in [0.15, 0.2) is 0 Å². The van der Waals surface area contributed by atoms with Gasteiger partial charge in [-0.1, -0.05) is 41.4 Å². The normalized spacial score (nSPS) is 10.2. The molecule has 12 heavy (non-hydrogen) atoms. The molecule has 0 saturated heterocycles. The van der Waals surface area contributed by atoms with Crippen LogP contribution < -0.4 is 5.73 Å². The monoisotopic (exact) mass is 227 g/mol. The number of hydrogen-bond acceptors (Lipinski definition) is 1. The SMILES string of the molecule is CCCc1ccc(Br)c(CN)c1. The van der Waals surface area contributed by atoms with Crippen LogP contribution >= 0.6 is 15.9 Å². The number of aryl methyl sites for hydroxylation is 1. The van der Waals surface area contributed by atoms with E-state index < -0.39 is 0 Å². The largest absolute Gasteiger partial charge is 0.326 e. The Bertz CT molecular complexity index is 258. The Morgan fingerprint density at radius 1 is 1.42 bits per heavy atom. The fourth-order valence-corrected chi connectivity index (χ4v) is 1.64. The molecule has 0 bridgehead atoms. The molecule has 0 heterocycles. The summed E-state index contributed by atoms with van der Waals surface area (Å²) in [5.41, 5.74) is 8.16. The molecule has 1 aromatic rings. The topological polar surface area (TPSA) is 26.0 Å². The van der Waals surface area contributed by atoms with Gasteiger partial charge in [-0.05, 0) is 23.6 Å². The van der Waals surface area contributed by atoms with Gasteiger partial charge in [-0.25, -0.2) is 0 Å². The lowest BCUT2D eigenvalue weighted by atomic mass is 10.1. The first-order valence-electron chi connectivity index (χ1n) is 4.25. The van der Waals surface area contributed by atoms with Crippen LogP contribution in [0.2, 0.25) is 0 Å². The molecule has 0 amide bonds. The summed E-state index contributed by atoms with van der Waals surface area (Å²) in [6.07, 6.45) is 2.33. The first kappa shape index (κ1) is 9.75. The Morgan fingerprint density at radius 2 is 2.17 bits per heavy atom. The highest BCUT2D eigenvalue weighted by atomic mass is 79.9. The molecule has 1 rings (SSSR count). The van der Waals surface area contributed by atoms with E-state index >= 15 is 0 Å². The molecule has 0 radical (unpaired) electrons. The van der Waals surface area contributed by atoms with Gasteiger partial charge in [0.1, 0.15) is 0 Å². The average Bonchev–Trinajstić information content (AvgIpc) is 2.09. The number of halogens is 1. The lowest BCUT2D eigenvalue weighted by Gasteiger charge is -2.04. The van der Waals surface area contributed by atoms with E-state index in [1.807, 2.05) is 0 Å². The fraction of sp³-hybridized carbons (Fsp3) is 0.400. The summed E-state index contributed by atoms with van der Waals surface area (Å²) in [5.74, 6) is 0. The molecule has 0 spiro atoms. The van der Waals surface area contributed by atoms with E-state index in [4.69, 9.17) is 5.73 Å². The van der Waals surface area contributed by atoms with E-state index in [0.717, 1.165) is 10.9 Å². The Balaban J connectivity index is 2.89. The maximum Gasteiger partial charge on any atom is 0.0220 e. The Kier molecular flexibility index (Phi) is 3.76. The van der Waals surface area contributed by atoms with Gasteiger partial charge in [-0.3, -0.25) is 0 Å². The van der Waals surface area contributed by atoms with E-state index in [-0.39, 0.29) is 0 Å². The van der Waals surface area contributed by atoms with E-state index in [1.54, 1.807) is 0 Å². The van der Waals surface area contributed by atoms with Crippen molar-refractivity contribution in [1.29, 1.82) is 0 Å². The Labute approximate surface area is 82.1 Å². The quantitative estimate of drug-likeness (QED) is 0.845. The predicted molar refractivity (Wildman–Crippen MR) is 56.0 cm³/mol. The standard InChI is InChI=1S/C10H14BrN/c1-2-3-8-4-5-10(11)9(6-8)7-12/h4-6H,2-3,7,12H2,1H3. The molecule has 0 aliphatic rings.